The lowest BCUT2D eigenvalue weighted by Gasteiger charge is -2.20. The van der Waals surface area contributed by atoms with Crippen LogP contribution in [0.5, 0.6) is 0 Å². The molecule has 0 N–H and O–H groups in total. The van der Waals surface area contributed by atoms with Crippen molar-refractivity contribution in [2.24, 2.45) is 0 Å². The number of carbonyl (C=O) groups excluding carboxylic acids is 3. The number of hydrogen-bond donors (Lipinski definition) is 0. The van der Waals surface area contributed by atoms with Gasteiger partial charge < -0.3 is 0 Å². The average Bonchev–Trinajstić information content (AvgIpc) is 2.68. The van der Waals surface area contributed by atoms with Crippen LogP contribution in [-0.2, 0) is 4.79 Å². The predicted octanol–water partition coefficient (Wildman–Crippen LogP) is 5.06. The molecule has 3 nitrogen and oxygen atoms in total. The van der Waals surface area contributed by atoms with Gasteiger partial charge in [-0.05, 0) is 12.0 Å². The minimum absolute atomic E-state index is 0.0522. The van der Waals surface area contributed by atoms with E-state index in [9.17, 15) is 14.4 Å². The largest absolute Gasteiger partial charge is 0.294 e. The maximum absolute atomic E-state index is 13.1. The highest BCUT2D eigenvalue weighted by atomic mass is 16.2. The molecule has 0 unspecified atom stereocenters. The van der Waals surface area contributed by atoms with E-state index < -0.39 is 0 Å². The van der Waals surface area contributed by atoms with Crippen LogP contribution in [0, 0.1) is 0 Å². The second kappa shape index (κ2) is 8.05. The van der Waals surface area contributed by atoms with E-state index in [1.165, 1.54) is 0 Å². The number of allylic oxidation sites excluding steroid dienone is 2. The number of unbranched alkanes of at least 4 members (excludes halogenated alkanes) is 3. The van der Waals surface area contributed by atoms with E-state index in [0.717, 1.165) is 25.7 Å². The van der Waals surface area contributed by atoms with Gasteiger partial charge in [-0.25, -0.2) is 0 Å². The number of hydrogen-bond acceptors (Lipinski definition) is 3. The molecule has 3 rings (SSSR count). The Hall–Kier alpha value is -2.81. The quantitative estimate of drug-likeness (QED) is 0.520. The van der Waals surface area contributed by atoms with Gasteiger partial charge >= 0.3 is 0 Å². The molecule has 132 valence electrons. The first-order valence-electron chi connectivity index (χ1n) is 9.16. The molecule has 3 heteroatoms. The Bertz CT molecular complexity index is 875. The summed E-state index contributed by atoms with van der Waals surface area (Å²) >= 11 is 0. The highest BCUT2D eigenvalue weighted by Gasteiger charge is 2.35. The lowest BCUT2D eigenvalue weighted by atomic mass is 9.79. The lowest BCUT2D eigenvalue weighted by Crippen LogP contribution is -2.26. The number of rotatable bonds is 7. The highest BCUT2D eigenvalue weighted by molar-refractivity contribution is 6.47. The minimum Gasteiger partial charge on any atom is -0.294 e. The summed E-state index contributed by atoms with van der Waals surface area (Å²) in [7, 11) is 0. The molecule has 1 aliphatic carbocycles. The molecule has 0 bridgehead atoms. The molecule has 0 saturated carbocycles. The van der Waals surface area contributed by atoms with Gasteiger partial charge in [0.15, 0.2) is 17.3 Å². The van der Waals surface area contributed by atoms with Gasteiger partial charge in [-0.1, -0.05) is 80.8 Å². The minimum atomic E-state index is -0.334. The smallest absolute Gasteiger partial charge is 0.198 e. The van der Waals surface area contributed by atoms with Crippen molar-refractivity contribution in [3.63, 3.8) is 0 Å². The van der Waals surface area contributed by atoms with Crippen molar-refractivity contribution in [3.8, 4) is 0 Å². The Morgan fingerprint density at radius 1 is 0.769 bits per heavy atom. The SMILES string of the molecule is CCCCCCC(=O)C1=C(c2ccccc2)C(=O)c2ccccc2C1=O. The Balaban J connectivity index is 2.06. The molecule has 2 aromatic rings. The summed E-state index contributed by atoms with van der Waals surface area (Å²) in [5, 5.41) is 0. The molecule has 0 amide bonds. The van der Waals surface area contributed by atoms with Gasteiger partial charge in [0.05, 0.1) is 5.57 Å². The van der Waals surface area contributed by atoms with E-state index in [-0.39, 0.29) is 28.5 Å². The highest BCUT2D eigenvalue weighted by Crippen LogP contribution is 2.33. The zero-order valence-corrected chi connectivity index (χ0v) is 15.0. The van der Waals surface area contributed by atoms with E-state index in [1.807, 2.05) is 18.2 Å². The van der Waals surface area contributed by atoms with Gasteiger partial charge in [-0.15, -0.1) is 0 Å². The van der Waals surface area contributed by atoms with E-state index in [1.54, 1.807) is 36.4 Å². The van der Waals surface area contributed by atoms with Crippen LogP contribution in [0.2, 0.25) is 0 Å². The molecule has 0 aliphatic heterocycles. The first-order chi connectivity index (χ1) is 12.6. The molecular formula is C23H22O3. The Morgan fingerprint density at radius 2 is 1.38 bits per heavy atom. The van der Waals surface area contributed by atoms with Crippen LogP contribution in [0.4, 0.5) is 0 Å². The fourth-order valence-corrected chi connectivity index (χ4v) is 3.36. The van der Waals surface area contributed by atoms with Gasteiger partial charge in [-0.2, -0.15) is 0 Å². The van der Waals surface area contributed by atoms with Crippen molar-refractivity contribution in [3.05, 3.63) is 76.9 Å². The Morgan fingerprint density at radius 3 is 2.04 bits per heavy atom. The molecule has 1 aliphatic rings. The van der Waals surface area contributed by atoms with E-state index in [0.29, 0.717) is 23.1 Å². The zero-order valence-electron chi connectivity index (χ0n) is 15.0. The number of fused-ring (bicyclic) bond motifs is 1. The molecule has 0 radical (unpaired) electrons. The maximum atomic E-state index is 13.1. The van der Waals surface area contributed by atoms with Gasteiger partial charge in [-0.3, -0.25) is 14.4 Å². The van der Waals surface area contributed by atoms with Gasteiger partial charge in [0.25, 0.3) is 0 Å². The van der Waals surface area contributed by atoms with Gasteiger partial charge in [0.2, 0.25) is 0 Å². The fourth-order valence-electron chi connectivity index (χ4n) is 3.36. The number of Topliss-reactive ketones (excluding diaryl/α,β-unsaturated/α-hetero) is 3. The first-order valence-corrected chi connectivity index (χ1v) is 9.16. The molecule has 0 heterocycles. The fraction of sp³-hybridized carbons (Fsp3) is 0.261. The Labute approximate surface area is 153 Å². The molecule has 2 aromatic carbocycles. The summed E-state index contributed by atoms with van der Waals surface area (Å²) in [5.74, 6) is -0.810. The topological polar surface area (TPSA) is 51.2 Å². The third kappa shape index (κ3) is 3.43. The van der Waals surface area contributed by atoms with Crippen LogP contribution in [0.15, 0.2) is 60.2 Å². The van der Waals surface area contributed by atoms with Crippen LogP contribution >= 0.6 is 0 Å². The summed E-state index contributed by atoms with van der Waals surface area (Å²) in [6, 6.07) is 15.8. The zero-order chi connectivity index (χ0) is 18.5. The summed E-state index contributed by atoms with van der Waals surface area (Å²) in [4.78, 5) is 39.0. The molecule has 26 heavy (non-hydrogen) atoms. The molecule has 0 spiro atoms. The molecule has 0 aromatic heterocycles. The van der Waals surface area contributed by atoms with Crippen LogP contribution in [0.25, 0.3) is 5.57 Å². The lowest BCUT2D eigenvalue weighted by molar-refractivity contribution is -0.115. The van der Waals surface area contributed by atoms with Crippen molar-refractivity contribution in [1.29, 1.82) is 0 Å². The monoisotopic (exact) mass is 346 g/mol. The van der Waals surface area contributed by atoms with E-state index in [4.69, 9.17) is 0 Å². The van der Waals surface area contributed by atoms with E-state index in [2.05, 4.69) is 6.92 Å². The first kappa shape index (κ1) is 18.0. The van der Waals surface area contributed by atoms with Crippen molar-refractivity contribution in [2.45, 2.75) is 39.0 Å². The second-order valence-corrected chi connectivity index (χ2v) is 6.55. The van der Waals surface area contributed by atoms with Gasteiger partial charge in [0, 0.05) is 23.1 Å². The van der Waals surface area contributed by atoms with Crippen molar-refractivity contribution in [1.82, 2.24) is 0 Å². The standard InChI is InChI=1S/C23H22O3/c1-2-3-4-8-15-19(24)21-20(16-11-6-5-7-12-16)22(25)17-13-9-10-14-18(17)23(21)26/h5-7,9-14H,2-4,8,15H2,1H3. The van der Waals surface area contributed by atoms with Crippen molar-refractivity contribution < 1.29 is 14.4 Å². The van der Waals surface area contributed by atoms with Crippen LogP contribution < -0.4 is 0 Å². The molecular weight excluding hydrogens is 324 g/mol. The van der Waals surface area contributed by atoms with Gasteiger partial charge in [0.1, 0.15) is 0 Å². The van der Waals surface area contributed by atoms with Crippen LogP contribution in [0.3, 0.4) is 0 Å². The number of benzene rings is 2. The predicted molar refractivity (Wildman–Crippen MR) is 102 cm³/mol. The molecule has 0 saturated heterocycles. The summed E-state index contributed by atoms with van der Waals surface area (Å²) in [6.45, 7) is 2.11. The third-order valence-electron chi connectivity index (χ3n) is 4.72. The van der Waals surface area contributed by atoms with E-state index >= 15 is 0 Å². The average molecular weight is 346 g/mol. The maximum Gasteiger partial charge on any atom is 0.198 e. The van der Waals surface area contributed by atoms with Crippen LogP contribution in [0.1, 0.15) is 65.3 Å². The second-order valence-electron chi connectivity index (χ2n) is 6.55. The summed E-state index contributed by atoms with van der Waals surface area (Å²) < 4.78 is 0. The number of carbonyl (C=O) groups is 3. The number of ketones is 3. The molecule has 0 fully saturated rings. The third-order valence-corrected chi connectivity index (χ3v) is 4.72. The van der Waals surface area contributed by atoms with Crippen molar-refractivity contribution in [2.75, 3.05) is 0 Å². The van der Waals surface area contributed by atoms with Crippen molar-refractivity contribution >= 4 is 22.9 Å². The summed E-state index contributed by atoms with van der Waals surface area (Å²) in [5.41, 5.74) is 1.62. The van der Waals surface area contributed by atoms with Crippen LogP contribution in [-0.4, -0.2) is 17.3 Å². The Kier molecular flexibility index (Phi) is 5.57. The normalized spacial score (nSPS) is 13.7. The molecule has 0 atom stereocenters. The summed E-state index contributed by atoms with van der Waals surface area (Å²) in [6.07, 6.45) is 4.13.